The number of aromatic nitrogens is 1. The van der Waals surface area contributed by atoms with Crippen LogP contribution in [0.1, 0.15) is 56.2 Å². The molecule has 1 unspecified atom stereocenters. The molecule has 3 fully saturated rings. The molecule has 1 aromatic heterocycles. The maximum absolute atomic E-state index is 13.0. The number of aryl methyl sites for hydroxylation is 1. The van der Waals surface area contributed by atoms with Crippen LogP contribution in [0.3, 0.4) is 0 Å². The van der Waals surface area contributed by atoms with E-state index in [1.54, 1.807) is 0 Å². The minimum Gasteiger partial charge on any atom is -0.370 e. The quantitative estimate of drug-likeness (QED) is 0.861. The second-order valence-corrected chi connectivity index (χ2v) is 9.12. The van der Waals surface area contributed by atoms with Gasteiger partial charge >= 0.3 is 0 Å². The first-order valence-corrected chi connectivity index (χ1v) is 11.0. The predicted molar refractivity (Wildman–Crippen MR) is 107 cm³/mol. The number of carbonyl (C=O) groups excluding carboxylic acids is 1. The number of carbonyl (C=O) groups is 1. The number of fused-ring (bicyclic) bond motifs is 3. The summed E-state index contributed by atoms with van der Waals surface area (Å²) in [5, 5.41) is 7.09. The lowest BCUT2D eigenvalue weighted by molar-refractivity contribution is -0.138. The molecule has 2 N–H and O–H groups in total. The zero-order valence-corrected chi connectivity index (χ0v) is 16.3. The van der Waals surface area contributed by atoms with Crippen molar-refractivity contribution in [3.05, 3.63) is 23.4 Å². The van der Waals surface area contributed by atoms with Crippen LogP contribution in [0, 0.1) is 11.8 Å². The number of rotatable bonds is 3. The van der Waals surface area contributed by atoms with Gasteiger partial charge in [0.2, 0.25) is 5.91 Å². The largest absolute Gasteiger partial charge is 0.370 e. The van der Waals surface area contributed by atoms with Gasteiger partial charge in [-0.2, -0.15) is 0 Å². The van der Waals surface area contributed by atoms with Crippen LogP contribution in [0.2, 0.25) is 0 Å². The van der Waals surface area contributed by atoms with Gasteiger partial charge in [-0.15, -0.1) is 0 Å². The van der Waals surface area contributed by atoms with Crippen LogP contribution in [0.5, 0.6) is 0 Å². The van der Waals surface area contributed by atoms with Crippen LogP contribution >= 0.6 is 0 Å². The monoisotopic (exact) mass is 368 g/mol. The number of piperidine rings is 2. The standard InChI is InChI=1S/C22H32N4O/c27-22(17-13-19-5-6-20(14-17)24-19)26-10-7-15(8-11-26)12-18-4-3-16-2-1-9-23-21(16)25-18/h3-4,15,17,19-20,24H,1-2,5-14H2,(H,23,25)/t17?,19-,20+. The van der Waals surface area contributed by atoms with E-state index >= 15 is 0 Å². The molecule has 0 aliphatic carbocycles. The Hall–Kier alpha value is -1.62. The molecule has 1 amide bonds. The molecule has 4 aliphatic rings. The van der Waals surface area contributed by atoms with Gasteiger partial charge < -0.3 is 15.5 Å². The molecule has 5 heteroatoms. The molecule has 4 aliphatic heterocycles. The van der Waals surface area contributed by atoms with Gasteiger partial charge in [-0.25, -0.2) is 4.98 Å². The van der Waals surface area contributed by atoms with E-state index in [4.69, 9.17) is 4.98 Å². The third-order valence-electron chi connectivity index (χ3n) is 7.20. The molecule has 0 spiro atoms. The minimum absolute atomic E-state index is 0.272. The molecular formula is C22H32N4O. The van der Waals surface area contributed by atoms with Crippen molar-refractivity contribution < 1.29 is 4.79 Å². The third kappa shape index (κ3) is 3.71. The first-order valence-electron chi connectivity index (χ1n) is 11.0. The number of likely N-dealkylation sites (tertiary alicyclic amines) is 1. The van der Waals surface area contributed by atoms with E-state index in [-0.39, 0.29) is 5.92 Å². The van der Waals surface area contributed by atoms with Gasteiger partial charge in [0, 0.05) is 43.3 Å². The highest BCUT2D eigenvalue weighted by atomic mass is 16.2. The lowest BCUT2D eigenvalue weighted by Gasteiger charge is -2.36. The van der Waals surface area contributed by atoms with Crippen LogP contribution in [0.25, 0.3) is 0 Å². The van der Waals surface area contributed by atoms with E-state index in [0.717, 1.165) is 64.0 Å². The van der Waals surface area contributed by atoms with E-state index < -0.39 is 0 Å². The first-order chi connectivity index (χ1) is 13.2. The van der Waals surface area contributed by atoms with Gasteiger partial charge in [0.25, 0.3) is 0 Å². The smallest absolute Gasteiger partial charge is 0.225 e. The molecule has 0 radical (unpaired) electrons. The average molecular weight is 369 g/mol. The highest BCUT2D eigenvalue weighted by molar-refractivity contribution is 5.79. The zero-order valence-electron chi connectivity index (χ0n) is 16.3. The molecule has 2 bridgehead atoms. The SMILES string of the molecule is O=C(C1C[C@H]2CC[C@@H](C1)N2)N1CCC(Cc2ccc3c(n2)NCCC3)CC1. The number of anilines is 1. The fraction of sp³-hybridized carbons (Fsp3) is 0.727. The minimum atomic E-state index is 0.272. The van der Waals surface area contributed by atoms with E-state index in [1.807, 2.05) is 0 Å². The fourth-order valence-electron chi connectivity index (χ4n) is 5.65. The van der Waals surface area contributed by atoms with Crippen LogP contribution in [0.4, 0.5) is 5.82 Å². The fourth-order valence-corrected chi connectivity index (χ4v) is 5.65. The van der Waals surface area contributed by atoms with Gasteiger partial charge in [-0.05, 0) is 75.3 Å². The summed E-state index contributed by atoms with van der Waals surface area (Å²) in [7, 11) is 0. The maximum Gasteiger partial charge on any atom is 0.225 e. The molecule has 146 valence electrons. The second-order valence-electron chi connectivity index (χ2n) is 9.12. The third-order valence-corrected chi connectivity index (χ3v) is 7.20. The van der Waals surface area contributed by atoms with Gasteiger partial charge in [0.15, 0.2) is 0 Å². The summed E-state index contributed by atoms with van der Waals surface area (Å²) in [6.45, 7) is 2.92. The Morgan fingerprint density at radius 1 is 1.11 bits per heavy atom. The number of hydrogen-bond acceptors (Lipinski definition) is 4. The van der Waals surface area contributed by atoms with Gasteiger partial charge in [0.1, 0.15) is 5.82 Å². The molecule has 1 aromatic rings. The Morgan fingerprint density at radius 2 is 1.89 bits per heavy atom. The summed E-state index contributed by atoms with van der Waals surface area (Å²) in [4.78, 5) is 20.0. The van der Waals surface area contributed by atoms with Crippen LogP contribution in [-0.4, -0.2) is 47.5 Å². The Kier molecular flexibility index (Phi) is 4.80. The maximum atomic E-state index is 13.0. The van der Waals surface area contributed by atoms with Crippen LogP contribution in [-0.2, 0) is 17.6 Å². The van der Waals surface area contributed by atoms with Crippen molar-refractivity contribution in [1.82, 2.24) is 15.2 Å². The zero-order chi connectivity index (χ0) is 18.2. The number of nitrogens with zero attached hydrogens (tertiary/aromatic N) is 2. The lowest BCUT2D eigenvalue weighted by Crippen LogP contribution is -2.47. The van der Waals surface area contributed by atoms with E-state index in [1.165, 1.54) is 30.5 Å². The molecule has 27 heavy (non-hydrogen) atoms. The summed E-state index contributed by atoms with van der Waals surface area (Å²) in [5.74, 6) is 2.47. The van der Waals surface area contributed by atoms with Gasteiger partial charge in [-0.1, -0.05) is 6.07 Å². The Labute approximate surface area is 162 Å². The highest BCUT2D eigenvalue weighted by Gasteiger charge is 2.38. The number of nitrogens with one attached hydrogen (secondary N) is 2. The van der Waals surface area contributed by atoms with Crippen LogP contribution in [0.15, 0.2) is 12.1 Å². The normalized spacial score (nSPS) is 30.7. The number of pyridine rings is 1. The second kappa shape index (κ2) is 7.42. The van der Waals surface area contributed by atoms with Gasteiger partial charge in [0.05, 0.1) is 0 Å². The molecule has 5 rings (SSSR count). The topological polar surface area (TPSA) is 57.3 Å². The predicted octanol–water partition coefficient (Wildman–Crippen LogP) is 2.75. The number of amides is 1. The molecule has 5 heterocycles. The lowest BCUT2D eigenvalue weighted by atomic mass is 9.88. The molecule has 3 saturated heterocycles. The molecule has 3 atom stereocenters. The highest BCUT2D eigenvalue weighted by Crippen LogP contribution is 2.33. The van der Waals surface area contributed by atoms with Crippen molar-refractivity contribution in [1.29, 1.82) is 0 Å². The van der Waals surface area contributed by atoms with Gasteiger partial charge in [-0.3, -0.25) is 4.79 Å². The van der Waals surface area contributed by atoms with Crippen molar-refractivity contribution in [2.24, 2.45) is 11.8 Å². The Morgan fingerprint density at radius 3 is 2.67 bits per heavy atom. The van der Waals surface area contributed by atoms with Crippen molar-refractivity contribution in [3.8, 4) is 0 Å². The van der Waals surface area contributed by atoms with E-state index in [2.05, 4.69) is 27.7 Å². The summed E-state index contributed by atoms with van der Waals surface area (Å²) >= 11 is 0. The molecule has 0 saturated carbocycles. The summed E-state index contributed by atoms with van der Waals surface area (Å²) in [5.41, 5.74) is 2.57. The molecular weight excluding hydrogens is 336 g/mol. The number of hydrogen-bond donors (Lipinski definition) is 2. The van der Waals surface area contributed by atoms with Crippen molar-refractivity contribution >= 4 is 11.7 Å². The Bertz CT molecular complexity index is 686. The summed E-state index contributed by atoms with van der Waals surface area (Å²) in [6.07, 6.45) is 10.3. The summed E-state index contributed by atoms with van der Waals surface area (Å²) in [6, 6.07) is 5.67. The van der Waals surface area contributed by atoms with Crippen molar-refractivity contribution in [2.45, 2.75) is 69.9 Å². The average Bonchev–Trinajstić information content (AvgIpc) is 3.05. The van der Waals surface area contributed by atoms with Crippen molar-refractivity contribution in [3.63, 3.8) is 0 Å². The molecule has 5 nitrogen and oxygen atoms in total. The van der Waals surface area contributed by atoms with Crippen molar-refractivity contribution in [2.75, 3.05) is 25.0 Å². The summed E-state index contributed by atoms with van der Waals surface area (Å²) < 4.78 is 0. The molecule has 0 aromatic carbocycles. The van der Waals surface area contributed by atoms with E-state index in [0.29, 0.717) is 23.9 Å². The van der Waals surface area contributed by atoms with Crippen LogP contribution < -0.4 is 10.6 Å². The first kappa shape index (κ1) is 17.5. The van der Waals surface area contributed by atoms with E-state index in [9.17, 15) is 4.79 Å². The Balaban J connectivity index is 1.14.